The van der Waals surface area contributed by atoms with Crippen molar-refractivity contribution in [2.24, 2.45) is 0 Å². The van der Waals surface area contributed by atoms with E-state index in [4.69, 9.17) is 9.15 Å². The van der Waals surface area contributed by atoms with Gasteiger partial charge in [0, 0.05) is 11.3 Å². The second kappa shape index (κ2) is 5.05. The molecule has 0 aliphatic heterocycles. The van der Waals surface area contributed by atoms with Gasteiger partial charge in [-0.1, -0.05) is 6.07 Å². The molecule has 5 heteroatoms. The van der Waals surface area contributed by atoms with E-state index < -0.39 is 0 Å². The maximum Gasteiger partial charge on any atom is 0.227 e. The van der Waals surface area contributed by atoms with Crippen LogP contribution in [0.15, 0.2) is 46.9 Å². The van der Waals surface area contributed by atoms with Gasteiger partial charge in [-0.15, -0.1) is 0 Å². The Labute approximate surface area is 115 Å². The van der Waals surface area contributed by atoms with Crippen molar-refractivity contribution in [2.45, 2.75) is 0 Å². The van der Waals surface area contributed by atoms with Gasteiger partial charge in [-0.05, 0) is 36.4 Å². The van der Waals surface area contributed by atoms with Crippen molar-refractivity contribution in [1.29, 1.82) is 0 Å². The molecule has 5 nitrogen and oxygen atoms in total. The van der Waals surface area contributed by atoms with Crippen LogP contribution >= 0.6 is 0 Å². The van der Waals surface area contributed by atoms with E-state index in [0.29, 0.717) is 29.1 Å². The van der Waals surface area contributed by atoms with Gasteiger partial charge in [-0.2, -0.15) is 0 Å². The van der Waals surface area contributed by atoms with E-state index in [1.807, 2.05) is 24.3 Å². The quantitative estimate of drug-likeness (QED) is 0.738. The third-order valence-corrected chi connectivity index (χ3v) is 2.93. The van der Waals surface area contributed by atoms with Gasteiger partial charge in [0.15, 0.2) is 5.58 Å². The number of nitrogens with one attached hydrogen (secondary N) is 1. The number of hydrogen-bond donors (Lipinski definition) is 1. The van der Waals surface area contributed by atoms with Crippen molar-refractivity contribution in [3.63, 3.8) is 0 Å². The number of aromatic nitrogens is 1. The molecule has 2 aromatic carbocycles. The SMILES string of the molecule is COc1cccc(-c2nc3cc(NC=O)ccc3o2)c1. The first kappa shape index (κ1) is 12.2. The minimum absolute atomic E-state index is 0.516. The third-order valence-electron chi connectivity index (χ3n) is 2.93. The summed E-state index contributed by atoms with van der Waals surface area (Å²) in [5.41, 5.74) is 2.87. The van der Waals surface area contributed by atoms with E-state index in [1.165, 1.54) is 0 Å². The zero-order valence-corrected chi connectivity index (χ0v) is 10.8. The van der Waals surface area contributed by atoms with E-state index in [0.717, 1.165) is 11.3 Å². The highest BCUT2D eigenvalue weighted by molar-refractivity contribution is 5.83. The normalized spacial score (nSPS) is 10.4. The smallest absolute Gasteiger partial charge is 0.227 e. The maximum absolute atomic E-state index is 10.4. The van der Waals surface area contributed by atoms with E-state index in [-0.39, 0.29) is 0 Å². The van der Waals surface area contributed by atoms with Gasteiger partial charge in [0.2, 0.25) is 12.3 Å². The molecule has 1 aromatic heterocycles. The highest BCUT2D eigenvalue weighted by Crippen LogP contribution is 2.28. The maximum atomic E-state index is 10.4. The number of rotatable bonds is 4. The van der Waals surface area contributed by atoms with Crippen molar-refractivity contribution in [3.05, 3.63) is 42.5 Å². The molecule has 0 bridgehead atoms. The monoisotopic (exact) mass is 268 g/mol. The fourth-order valence-corrected chi connectivity index (χ4v) is 1.96. The molecule has 0 spiro atoms. The second-order valence-corrected chi connectivity index (χ2v) is 4.20. The minimum Gasteiger partial charge on any atom is -0.497 e. The number of ether oxygens (including phenoxy) is 1. The van der Waals surface area contributed by atoms with Crippen molar-refractivity contribution < 1.29 is 13.9 Å². The van der Waals surface area contributed by atoms with Crippen molar-refractivity contribution in [2.75, 3.05) is 12.4 Å². The molecule has 0 fully saturated rings. The Morgan fingerprint density at radius 1 is 1.25 bits per heavy atom. The van der Waals surface area contributed by atoms with Gasteiger partial charge in [-0.3, -0.25) is 4.79 Å². The lowest BCUT2D eigenvalue weighted by molar-refractivity contribution is -0.105. The summed E-state index contributed by atoms with van der Waals surface area (Å²) < 4.78 is 10.9. The summed E-state index contributed by atoms with van der Waals surface area (Å²) in [6.07, 6.45) is 0.629. The molecule has 0 aliphatic carbocycles. The second-order valence-electron chi connectivity index (χ2n) is 4.20. The van der Waals surface area contributed by atoms with E-state index in [2.05, 4.69) is 10.3 Å². The molecular weight excluding hydrogens is 256 g/mol. The van der Waals surface area contributed by atoms with Crippen LogP contribution < -0.4 is 10.1 Å². The number of nitrogens with zero attached hydrogens (tertiary/aromatic N) is 1. The van der Waals surface area contributed by atoms with Gasteiger partial charge in [0.1, 0.15) is 11.3 Å². The van der Waals surface area contributed by atoms with Crippen LogP contribution in [0.4, 0.5) is 5.69 Å². The Hall–Kier alpha value is -2.82. The number of anilines is 1. The zero-order valence-electron chi connectivity index (χ0n) is 10.8. The number of benzene rings is 2. The molecule has 100 valence electrons. The standard InChI is InChI=1S/C15H12N2O3/c1-19-12-4-2-3-10(7-12)15-17-13-8-11(16-9-18)5-6-14(13)20-15/h2-9H,1H3,(H,16,18). The van der Waals surface area contributed by atoms with E-state index in [9.17, 15) is 4.79 Å². The molecule has 0 atom stereocenters. The molecular formula is C15H12N2O3. The lowest BCUT2D eigenvalue weighted by Gasteiger charge is -2.00. The van der Waals surface area contributed by atoms with Crippen LogP contribution in [0.3, 0.4) is 0 Å². The molecule has 1 heterocycles. The van der Waals surface area contributed by atoms with Gasteiger partial charge < -0.3 is 14.5 Å². The van der Waals surface area contributed by atoms with Crippen LogP contribution in [-0.4, -0.2) is 18.5 Å². The van der Waals surface area contributed by atoms with Gasteiger partial charge in [-0.25, -0.2) is 4.98 Å². The van der Waals surface area contributed by atoms with Crippen LogP contribution in [0.2, 0.25) is 0 Å². The fraction of sp³-hybridized carbons (Fsp3) is 0.0667. The van der Waals surface area contributed by atoms with Gasteiger partial charge in [0.05, 0.1) is 7.11 Å². The first-order valence-electron chi connectivity index (χ1n) is 6.05. The Bertz CT molecular complexity index is 765. The first-order chi connectivity index (χ1) is 9.80. The number of amides is 1. The summed E-state index contributed by atoms with van der Waals surface area (Å²) in [4.78, 5) is 14.9. The number of hydrogen-bond acceptors (Lipinski definition) is 4. The molecule has 0 aliphatic rings. The molecule has 20 heavy (non-hydrogen) atoms. The van der Waals surface area contributed by atoms with Gasteiger partial charge in [0.25, 0.3) is 0 Å². The molecule has 0 saturated carbocycles. The topological polar surface area (TPSA) is 64.4 Å². The Morgan fingerprint density at radius 3 is 2.95 bits per heavy atom. The average molecular weight is 268 g/mol. The summed E-state index contributed by atoms with van der Waals surface area (Å²) in [6.45, 7) is 0. The van der Waals surface area contributed by atoms with Crippen molar-refractivity contribution in [3.8, 4) is 17.2 Å². The molecule has 0 unspecified atom stereocenters. The summed E-state index contributed by atoms with van der Waals surface area (Å²) in [5, 5.41) is 2.58. The number of carbonyl (C=O) groups excluding carboxylic acids is 1. The summed E-state index contributed by atoms with van der Waals surface area (Å²) >= 11 is 0. The van der Waals surface area contributed by atoms with Crippen LogP contribution in [-0.2, 0) is 4.79 Å². The lowest BCUT2D eigenvalue weighted by Crippen LogP contribution is -1.92. The predicted molar refractivity (Wildman–Crippen MR) is 75.7 cm³/mol. The molecule has 1 amide bonds. The number of fused-ring (bicyclic) bond motifs is 1. The largest absolute Gasteiger partial charge is 0.497 e. The summed E-state index contributed by atoms with van der Waals surface area (Å²) in [7, 11) is 1.61. The molecule has 3 aromatic rings. The number of carbonyl (C=O) groups is 1. The Balaban J connectivity index is 2.05. The summed E-state index contributed by atoms with van der Waals surface area (Å²) in [6, 6.07) is 12.8. The van der Waals surface area contributed by atoms with E-state index in [1.54, 1.807) is 25.3 Å². The third kappa shape index (κ3) is 2.21. The van der Waals surface area contributed by atoms with Crippen LogP contribution in [0.1, 0.15) is 0 Å². The fourth-order valence-electron chi connectivity index (χ4n) is 1.96. The van der Waals surface area contributed by atoms with Crippen molar-refractivity contribution >= 4 is 23.2 Å². The summed E-state index contributed by atoms with van der Waals surface area (Å²) in [5.74, 6) is 1.26. The average Bonchev–Trinajstić information content (AvgIpc) is 2.91. The zero-order chi connectivity index (χ0) is 13.9. The molecule has 0 saturated heterocycles. The van der Waals surface area contributed by atoms with Crippen LogP contribution in [0.5, 0.6) is 5.75 Å². The predicted octanol–water partition coefficient (Wildman–Crippen LogP) is 3.07. The van der Waals surface area contributed by atoms with Gasteiger partial charge >= 0.3 is 0 Å². The number of methoxy groups -OCH3 is 1. The van der Waals surface area contributed by atoms with E-state index >= 15 is 0 Å². The minimum atomic E-state index is 0.516. The Morgan fingerprint density at radius 2 is 2.15 bits per heavy atom. The Kier molecular flexibility index (Phi) is 3.09. The molecule has 1 N–H and O–H groups in total. The van der Waals surface area contributed by atoms with Crippen molar-refractivity contribution in [1.82, 2.24) is 4.98 Å². The lowest BCUT2D eigenvalue weighted by atomic mass is 10.2. The molecule has 3 rings (SSSR count). The highest BCUT2D eigenvalue weighted by Gasteiger charge is 2.09. The highest BCUT2D eigenvalue weighted by atomic mass is 16.5. The first-order valence-corrected chi connectivity index (χ1v) is 6.05. The van der Waals surface area contributed by atoms with Crippen LogP contribution in [0, 0.1) is 0 Å². The molecule has 0 radical (unpaired) electrons. The van der Waals surface area contributed by atoms with Crippen LogP contribution in [0.25, 0.3) is 22.6 Å². The number of oxazole rings is 1.